The molecular weight excluding hydrogens is 358 g/mol. The molecule has 0 N–H and O–H groups in total. The Bertz CT molecular complexity index is 818. The molecule has 7 heteroatoms. The summed E-state index contributed by atoms with van der Waals surface area (Å²) in [5.41, 5.74) is 1.44. The van der Waals surface area contributed by atoms with Crippen LogP contribution in [0.3, 0.4) is 0 Å². The second kappa shape index (κ2) is 9.68. The molecule has 0 aliphatic carbocycles. The Kier molecular flexibility index (Phi) is 7.31. The first-order valence-electron chi connectivity index (χ1n) is 8.00. The molecule has 27 heavy (non-hydrogen) atoms. The SMILES string of the molecule is COCc1cc(C(=O)/C=C/c2cccc(OC)c2OC(F)F)ccc1OC. The van der Waals surface area contributed by atoms with E-state index >= 15 is 0 Å². The number of ether oxygens (including phenoxy) is 4. The number of hydrogen-bond donors (Lipinski definition) is 0. The lowest BCUT2D eigenvalue weighted by molar-refractivity contribution is -0.0513. The monoisotopic (exact) mass is 378 g/mol. The highest BCUT2D eigenvalue weighted by Crippen LogP contribution is 2.33. The van der Waals surface area contributed by atoms with Gasteiger partial charge in [0.1, 0.15) is 5.75 Å². The summed E-state index contributed by atoms with van der Waals surface area (Å²) in [4.78, 5) is 12.5. The van der Waals surface area contributed by atoms with Gasteiger partial charge in [-0.3, -0.25) is 4.79 Å². The van der Waals surface area contributed by atoms with Crippen LogP contribution in [0, 0.1) is 0 Å². The van der Waals surface area contributed by atoms with Crippen LogP contribution in [0.25, 0.3) is 6.08 Å². The van der Waals surface area contributed by atoms with Gasteiger partial charge in [0, 0.05) is 23.8 Å². The highest BCUT2D eigenvalue weighted by atomic mass is 19.3. The van der Waals surface area contributed by atoms with Gasteiger partial charge in [0.25, 0.3) is 0 Å². The summed E-state index contributed by atoms with van der Waals surface area (Å²) < 4.78 is 45.3. The van der Waals surface area contributed by atoms with Crippen LogP contribution >= 0.6 is 0 Å². The predicted molar refractivity (Wildman–Crippen MR) is 96.7 cm³/mol. The highest BCUT2D eigenvalue weighted by molar-refractivity contribution is 6.07. The molecule has 2 aromatic rings. The highest BCUT2D eigenvalue weighted by Gasteiger charge is 2.14. The summed E-state index contributed by atoms with van der Waals surface area (Å²) >= 11 is 0. The number of carbonyl (C=O) groups is 1. The van der Waals surface area contributed by atoms with Gasteiger partial charge >= 0.3 is 6.61 Å². The largest absolute Gasteiger partial charge is 0.496 e. The third-order valence-electron chi connectivity index (χ3n) is 3.72. The second-order valence-electron chi connectivity index (χ2n) is 5.41. The fourth-order valence-corrected chi connectivity index (χ4v) is 2.50. The van der Waals surface area contributed by atoms with Crippen molar-refractivity contribution in [3.63, 3.8) is 0 Å². The van der Waals surface area contributed by atoms with Gasteiger partial charge in [-0.1, -0.05) is 12.1 Å². The Morgan fingerprint density at radius 1 is 1.07 bits per heavy atom. The van der Waals surface area contributed by atoms with Crippen molar-refractivity contribution in [3.05, 3.63) is 59.2 Å². The van der Waals surface area contributed by atoms with Gasteiger partial charge in [-0.15, -0.1) is 0 Å². The van der Waals surface area contributed by atoms with Crippen molar-refractivity contribution < 1.29 is 32.5 Å². The van der Waals surface area contributed by atoms with E-state index in [1.165, 1.54) is 32.4 Å². The maximum atomic E-state index is 12.7. The van der Waals surface area contributed by atoms with E-state index in [0.717, 1.165) is 5.56 Å². The number of benzene rings is 2. The Labute approximate surface area is 156 Å². The number of rotatable bonds is 9. The lowest BCUT2D eigenvalue weighted by Gasteiger charge is -2.12. The van der Waals surface area contributed by atoms with Crippen molar-refractivity contribution in [2.75, 3.05) is 21.3 Å². The van der Waals surface area contributed by atoms with Crippen molar-refractivity contribution in [1.29, 1.82) is 0 Å². The van der Waals surface area contributed by atoms with Crippen molar-refractivity contribution in [1.82, 2.24) is 0 Å². The lowest BCUT2D eigenvalue weighted by atomic mass is 10.0. The van der Waals surface area contributed by atoms with E-state index < -0.39 is 6.61 Å². The van der Waals surface area contributed by atoms with Gasteiger partial charge in [-0.05, 0) is 36.4 Å². The quantitative estimate of drug-likeness (QED) is 0.480. The zero-order chi connectivity index (χ0) is 19.8. The van der Waals surface area contributed by atoms with Gasteiger partial charge < -0.3 is 18.9 Å². The van der Waals surface area contributed by atoms with Gasteiger partial charge in [0.15, 0.2) is 17.3 Å². The normalized spacial score (nSPS) is 11.0. The molecule has 0 spiro atoms. The third-order valence-corrected chi connectivity index (χ3v) is 3.72. The predicted octanol–water partition coefficient (Wildman–Crippen LogP) is 4.35. The van der Waals surface area contributed by atoms with Crippen molar-refractivity contribution in [2.45, 2.75) is 13.2 Å². The van der Waals surface area contributed by atoms with E-state index in [-0.39, 0.29) is 23.9 Å². The molecule has 0 saturated heterocycles. The first-order valence-corrected chi connectivity index (χ1v) is 8.00. The van der Waals surface area contributed by atoms with E-state index in [2.05, 4.69) is 4.74 Å². The van der Waals surface area contributed by atoms with E-state index in [4.69, 9.17) is 14.2 Å². The van der Waals surface area contributed by atoms with E-state index in [1.54, 1.807) is 37.4 Å². The van der Waals surface area contributed by atoms with Crippen molar-refractivity contribution in [2.24, 2.45) is 0 Å². The Hall–Kier alpha value is -2.93. The average molecular weight is 378 g/mol. The molecule has 5 nitrogen and oxygen atoms in total. The molecule has 0 aliphatic heterocycles. The number of ketones is 1. The molecule has 0 amide bonds. The smallest absolute Gasteiger partial charge is 0.387 e. The molecule has 0 fully saturated rings. The zero-order valence-corrected chi connectivity index (χ0v) is 15.2. The van der Waals surface area contributed by atoms with Crippen LogP contribution in [0.15, 0.2) is 42.5 Å². The average Bonchev–Trinajstić information content (AvgIpc) is 2.66. The first-order chi connectivity index (χ1) is 13.0. The molecule has 0 atom stereocenters. The molecular formula is C20H20F2O5. The van der Waals surface area contributed by atoms with Crippen molar-refractivity contribution in [3.8, 4) is 17.2 Å². The standard InChI is InChI=1S/C20H20F2O5/c1-24-12-15-11-14(8-10-17(15)25-2)16(23)9-7-13-5-4-6-18(26-3)19(13)27-20(21)22/h4-11,20H,12H2,1-3H3/b9-7+. The summed E-state index contributed by atoms with van der Waals surface area (Å²) in [6.45, 7) is -2.72. The van der Waals surface area contributed by atoms with Crippen LogP contribution < -0.4 is 14.2 Å². The fraction of sp³-hybridized carbons (Fsp3) is 0.250. The van der Waals surface area contributed by atoms with E-state index in [9.17, 15) is 13.6 Å². The number of methoxy groups -OCH3 is 3. The van der Waals surface area contributed by atoms with Crippen LogP contribution in [-0.2, 0) is 11.3 Å². The number of para-hydroxylation sites is 1. The van der Waals surface area contributed by atoms with Crippen LogP contribution in [0.1, 0.15) is 21.5 Å². The van der Waals surface area contributed by atoms with E-state index in [0.29, 0.717) is 16.9 Å². The van der Waals surface area contributed by atoms with Crippen LogP contribution in [-0.4, -0.2) is 33.7 Å². The maximum absolute atomic E-state index is 12.7. The van der Waals surface area contributed by atoms with Gasteiger partial charge in [-0.25, -0.2) is 0 Å². The Balaban J connectivity index is 2.30. The number of hydrogen-bond acceptors (Lipinski definition) is 5. The Morgan fingerprint density at radius 2 is 1.81 bits per heavy atom. The third kappa shape index (κ3) is 5.27. The summed E-state index contributed by atoms with van der Waals surface area (Å²) in [7, 11) is 4.42. The first kappa shape index (κ1) is 20.4. The molecule has 0 aliphatic rings. The molecule has 0 aromatic heterocycles. The maximum Gasteiger partial charge on any atom is 0.387 e. The molecule has 0 radical (unpaired) electrons. The number of allylic oxidation sites excluding steroid dienone is 1. The molecule has 0 saturated carbocycles. The molecule has 144 valence electrons. The minimum atomic E-state index is -3.01. The number of carbonyl (C=O) groups excluding carboxylic acids is 1. The van der Waals surface area contributed by atoms with Crippen molar-refractivity contribution >= 4 is 11.9 Å². The van der Waals surface area contributed by atoms with Crippen LogP contribution in [0.4, 0.5) is 8.78 Å². The summed E-state index contributed by atoms with van der Waals surface area (Å²) in [6.07, 6.45) is 2.69. The van der Waals surface area contributed by atoms with Gasteiger partial charge in [0.05, 0.1) is 20.8 Å². The number of halogens is 2. The second-order valence-corrected chi connectivity index (χ2v) is 5.41. The lowest BCUT2D eigenvalue weighted by Crippen LogP contribution is -2.05. The summed E-state index contributed by atoms with van der Waals surface area (Å²) in [6, 6.07) is 9.62. The minimum absolute atomic E-state index is 0.131. The molecule has 0 unspecified atom stereocenters. The van der Waals surface area contributed by atoms with Gasteiger partial charge in [-0.2, -0.15) is 8.78 Å². The fourth-order valence-electron chi connectivity index (χ4n) is 2.50. The molecule has 0 bridgehead atoms. The topological polar surface area (TPSA) is 54.0 Å². The summed E-state index contributed by atoms with van der Waals surface area (Å²) in [5, 5.41) is 0. The Morgan fingerprint density at radius 3 is 2.44 bits per heavy atom. The minimum Gasteiger partial charge on any atom is -0.496 e. The van der Waals surface area contributed by atoms with E-state index in [1.807, 2.05) is 0 Å². The molecule has 0 heterocycles. The summed E-state index contributed by atoms with van der Waals surface area (Å²) in [5.74, 6) is 0.323. The van der Waals surface area contributed by atoms with Crippen LogP contribution in [0.5, 0.6) is 17.2 Å². The zero-order valence-electron chi connectivity index (χ0n) is 15.2. The molecule has 2 rings (SSSR count). The molecule has 2 aromatic carbocycles. The number of alkyl halides is 2. The van der Waals surface area contributed by atoms with Crippen LogP contribution in [0.2, 0.25) is 0 Å². The van der Waals surface area contributed by atoms with Gasteiger partial charge in [0.2, 0.25) is 0 Å².